The van der Waals surface area contributed by atoms with Crippen molar-refractivity contribution in [2.24, 2.45) is 11.8 Å². The largest absolute Gasteiger partial charge is 0.394 e. The van der Waals surface area contributed by atoms with Crippen molar-refractivity contribution in [2.45, 2.75) is 63.2 Å². The molecule has 18 heavy (non-hydrogen) atoms. The van der Waals surface area contributed by atoms with Crippen molar-refractivity contribution in [1.29, 1.82) is 0 Å². The fraction of sp³-hybridized carbons (Fsp3) is 1.00. The molecule has 3 unspecified atom stereocenters. The molecule has 0 heterocycles. The minimum absolute atomic E-state index is 0.0140. The number of nitrogens with one attached hydrogen (secondary N) is 1. The second-order valence-corrected chi connectivity index (χ2v) is 7.61. The fourth-order valence-electron chi connectivity index (χ4n) is 3.33. The first-order chi connectivity index (χ1) is 8.70. The van der Waals surface area contributed by atoms with Gasteiger partial charge in [-0.1, -0.05) is 26.7 Å². The molecule has 0 amide bonds. The molecule has 0 aromatic rings. The van der Waals surface area contributed by atoms with Crippen LogP contribution in [0.3, 0.4) is 0 Å². The predicted molar refractivity (Wildman–Crippen MR) is 80.1 cm³/mol. The lowest BCUT2D eigenvalue weighted by atomic mass is 9.90. The Labute approximate surface area is 116 Å². The summed E-state index contributed by atoms with van der Waals surface area (Å²) in [4.78, 5) is 0. The summed E-state index contributed by atoms with van der Waals surface area (Å²) >= 11 is 2.12. The number of hydrogen-bond donors (Lipinski definition) is 2. The second-order valence-electron chi connectivity index (χ2n) is 6.32. The first kappa shape index (κ1) is 14.7. The SMILES string of the molecule is CCNC(CO)(CSC1CCCC(C)C1)C1CC1. The highest BCUT2D eigenvalue weighted by atomic mass is 32.2. The van der Waals surface area contributed by atoms with Crippen LogP contribution in [-0.4, -0.2) is 34.8 Å². The molecule has 0 bridgehead atoms. The highest BCUT2D eigenvalue weighted by Gasteiger charge is 2.44. The molecule has 2 aliphatic rings. The normalized spacial score (nSPS) is 32.2. The Kier molecular flexibility index (Phi) is 5.40. The summed E-state index contributed by atoms with van der Waals surface area (Å²) in [5.74, 6) is 2.72. The zero-order valence-corrected chi connectivity index (χ0v) is 12.8. The van der Waals surface area contributed by atoms with E-state index in [1.807, 2.05) is 0 Å². The van der Waals surface area contributed by atoms with Gasteiger partial charge in [0.05, 0.1) is 12.1 Å². The van der Waals surface area contributed by atoms with E-state index in [1.165, 1.54) is 38.5 Å². The van der Waals surface area contributed by atoms with Crippen molar-refractivity contribution < 1.29 is 5.11 Å². The predicted octanol–water partition coefficient (Wildman–Crippen LogP) is 3.05. The second kappa shape index (κ2) is 6.62. The maximum atomic E-state index is 9.82. The molecule has 0 radical (unpaired) electrons. The van der Waals surface area contributed by atoms with Crippen molar-refractivity contribution in [3.05, 3.63) is 0 Å². The Bertz CT molecular complexity index is 257. The lowest BCUT2D eigenvalue weighted by molar-refractivity contribution is 0.161. The summed E-state index contributed by atoms with van der Waals surface area (Å²) < 4.78 is 0. The van der Waals surface area contributed by atoms with E-state index in [4.69, 9.17) is 0 Å². The summed E-state index contributed by atoms with van der Waals surface area (Å²) in [6.45, 7) is 5.82. The zero-order valence-electron chi connectivity index (χ0n) is 12.0. The Morgan fingerprint density at radius 1 is 1.28 bits per heavy atom. The zero-order chi connectivity index (χ0) is 13.0. The van der Waals surface area contributed by atoms with E-state index >= 15 is 0 Å². The average Bonchev–Trinajstić information content (AvgIpc) is 3.19. The maximum absolute atomic E-state index is 9.82. The monoisotopic (exact) mass is 271 g/mol. The van der Waals surface area contributed by atoms with Crippen molar-refractivity contribution in [3.63, 3.8) is 0 Å². The Morgan fingerprint density at radius 3 is 2.61 bits per heavy atom. The van der Waals surface area contributed by atoms with Crippen LogP contribution < -0.4 is 5.32 Å². The summed E-state index contributed by atoms with van der Waals surface area (Å²) in [6.07, 6.45) is 8.17. The van der Waals surface area contributed by atoms with Crippen LogP contribution in [0.15, 0.2) is 0 Å². The van der Waals surface area contributed by atoms with Gasteiger partial charge in [0.15, 0.2) is 0 Å². The van der Waals surface area contributed by atoms with E-state index in [9.17, 15) is 5.11 Å². The van der Waals surface area contributed by atoms with Gasteiger partial charge in [-0.2, -0.15) is 11.8 Å². The minimum atomic E-state index is 0.0140. The third-order valence-electron chi connectivity index (χ3n) is 4.63. The van der Waals surface area contributed by atoms with Gasteiger partial charge in [0.2, 0.25) is 0 Å². The standard InChI is InChI=1S/C15H29NOS/c1-3-16-15(10-17,13-7-8-13)11-18-14-6-4-5-12(2)9-14/h12-14,16-17H,3-11H2,1-2H3. The molecule has 0 saturated heterocycles. The quantitative estimate of drug-likeness (QED) is 0.746. The first-order valence-corrected chi connectivity index (χ1v) is 8.72. The molecular formula is C15H29NOS. The minimum Gasteiger partial charge on any atom is -0.394 e. The smallest absolute Gasteiger partial charge is 0.0624 e. The molecule has 3 heteroatoms. The van der Waals surface area contributed by atoms with Gasteiger partial charge in [0.25, 0.3) is 0 Å². The number of rotatable bonds is 7. The summed E-state index contributed by atoms with van der Waals surface area (Å²) in [6, 6.07) is 0. The van der Waals surface area contributed by atoms with Crippen molar-refractivity contribution >= 4 is 11.8 Å². The van der Waals surface area contributed by atoms with Crippen molar-refractivity contribution in [2.75, 3.05) is 18.9 Å². The molecular weight excluding hydrogens is 242 g/mol. The lowest BCUT2D eigenvalue weighted by Crippen LogP contribution is -2.53. The summed E-state index contributed by atoms with van der Waals surface area (Å²) in [7, 11) is 0. The van der Waals surface area contributed by atoms with Gasteiger partial charge in [0, 0.05) is 11.0 Å². The molecule has 0 spiro atoms. The van der Waals surface area contributed by atoms with E-state index < -0.39 is 0 Å². The molecule has 0 aromatic carbocycles. The van der Waals surface area contributed by atoms with E-state index in [2.05, 4.69) is 30.9 Å². The molecule has 2 nitrogen and oxygen atoms in total. The number of thioether (sulfide) groups is 1. The van der Waals surface area contributed by atoms with E-state index in [1.54, 1.807) is 0 Å². The first-order valence-electron chi connectivity index (χ1n) is 7.67. The van der Waals surface area contributed by atoms with Gasteiger partial charge < -0.3 is 10.4 Å². The van der Waals surface area contributed by atoms with E-state index in [0.717, 1.165) is 29.4 Å². The van der Waals surface area contributed by atoms with Gasteiger partial charge in [-0.05, 0) is 44.1 Å². The summed E-state index contributed by atoms with van der Waals surface area (Å²) in [5, 5.41) is 14.2. The molecule has 2 rings (SSSR count). The third kappa shape index (κ3) is 3.64. The van der Waals surface area contributed by atoms with E-state index in [-0.39, 0.29) is 5.54 Å². The van der Waals surface area contributed by atoms with Gasteiger partial charge >= 0.3 is 0 Å². The van der Waals surface area contributed by atoms with Crippen LogP contribution >= 0.6 is 11.8 Å². The third-order valence-corrected chi connectivity index (χ3v) is 6.22. The van der Waals surface area contributed by atoms with Crippen molar-refractivity contribution in [1.82, 2.24) is 5.32 Å². The molecule has 2 N–H and O–H groups in total. The molecule has 2 aliphatic carbocycles. The summed E-state index contributed by atoms with van der Waals surface area (Å²) in [5.41, 5.74) is 0.0140. The molecule has 0 aromatic heterocycles. The Hall–Kier alpha value is 0.270. The van der Waals surface area contributed by atoms with Crippen LogP contribution in [0.5, 0.6) is 0 Å². The van der Waals surface area contributed by atoms with Crippen molar-refractivity contribution in [3.8, 4) is 0 Å². The van der Waals surface area contributed by atoms with Gasteiger partial charge in [-0.15, -0.1) is 0 Å². The van der Waals surface area contributed by atoms with Crippen LogP contribution in [0.2, 0.25) is 0 Å². The molecule has 2 fully saturated rings. The molecule has 0 aliphatic heterocycles. The topological polar surface area (TPSA) is 32.3 Å². The number of likely N-dealkylation sites (N-methyl/N-ethyl adjacent to an activating group) is 1. The number of hydrogen-bond acceptors (Lipinski definition) is 3. The van der Waals surface area contributed by atoms with Gasteiger partial charge in [-0.3, -0.25) is 0 Å². The Balaban J connectivity index is 1.84. The molecule has 3 atom stereocenters. The van der Waals surface area contributed by atoms with Crippen LogP contribution in [0.25, 0.3) is 0 Å². The molecule has 106 valence electrons. The van der Waals surface area contributed by atoms with Crippen LogP contribution in [0, 0.1) is 11.8 Å². The van der Waals surface area contributed by atoms with Crippen LogP contribution in [0.1, 0.15) is 52.4 Å². The average molecular weight is 271 g/mol. The highest BCUT2D eigenvalue weighted by Crippen LogP contribution is 2.43. The van der Waals surface area contributed by atoms with Crippen LogP contribution in [0.4, 0.5) is 0 Å². The lowest BCUT2D eigenvalue weighted by Gasteiger charge is -2.35. The van der Waals surface area contributed by atoms with Gasteiger partial charge in [0.1, 0.15) is 0 Å². The Morgan fingerprint density at radius 2 is 2.06 bits per heavy atom. The van der Waals surface area contributed by atoms with E-state index in [0.29, 0.717) is 6.61 Å². The number of aliphatic hydroxyl groups excluding tert-OH is 1. The fourth-order valence-corrected chi connectivity index (χ4v) is 5.09. The maximum Gasteiger partial charge on any atom is 0.0624 e. The van der Waals surface area contributed by atoms with Crippen LogP contribution in [-0.2, 0) is 0 Å². The highest BCUT2D eigenvalue weighted by molar-refractivity contribution is 8.00. The molecule has 2 saturated carbocycles. The van der Waals surface area contributed by atoms with Gasteiger partial charge in [-0.25, -0.2) is 0 Å². The number of aliphatic hydroxyl groups is 1.